The van der Waals surface area contributed by atoms with Crippen molar-refractivity contribution in [3.8, 4) is 0 Å². The maximum atomic E-state index is 13.0. The summed E-state index contributed by atoms with van der Waals surface area (Å²) in [6.07, 6.45) is 2.44. The number of nitrogens with zero attached hydrogens (tertiary/aromatic N) is 1. The molecule has 3 aromatic rings. The van der Waals surface area contributed by atoms with E-state index < -0.39 is 5.91 Å². The number of rotatable bonds is 2. The van der Waals surface area contributed by atoms with Gasteiger partial charge in [0.15, 0.2) is 0 Å². The molecule has 0 aliphatic carbocycles. The van der Waals surface area contributed by atoms with Gasteiger partial charge in [0.2, 0.25) is 5.43 Å². The standard InChI is InChI=1S/C18H12BrFN2O2/c19-11-7-10-5-6-22-9-15(17(23)14(8-11)16(10)22)18(24)21-13-3-1-12(20)2-4-13/h1-4,7-9H,5-6H2,(H,21,24). The Morgan fingerprint density at radius 3 is 2.71 bits per heavy atom. The number of carbonyl (C=O) groups is 1. The molecule has 0 fully saturated rings. The van der Waals surface area contributed by atoms with Crippen LogP contribution in [0, 0.1) is 5.82 Å². The van der Waals surface area contributed by atoms with E-state index in [1.54, 1.807) is 12.3 Å². The molecule has 0 atom stereocenters. The van der Waals surface area contributed by atoms with Crippen LogP contribution in [0.2, 0.25) is 0 Å². The molecule has 6 heteroatoms. The second-order valence-corrected chi connectivity index (χ2v) is 6.65. The summed E-state index contributed by atoms with van der Waals surface area (Å²) in [4.78, 5) is 25.2. The Balaban J connectivity index is 1.80. The molecule has 0 saturated carbocycles. The molecule has 120 valence electrons. The van der Waals surface area contributed by atoms with E-state index in [2.05, 4.69) is 21.2 Å². The van der Waals surface area contributed by atoms with Crippen LogP contribution in [0.25, 0.3) is 10.9 Å². The summed E-state index contributed by atoms with van der Waals surface area (Å²) in [6.45, 7) is 0.736. The zero-order valence-corrected chi connectivity index (χ0v) is 14.1. The van der Waals surface area contributed by atoms with E-state index in [4.69, 9.17) is 0 Å². The molecular formula is C18H12BrFN2O2. The van der Waals surface area contributed by atoms with Gasteiger partial charge in [-0.15, -0.1) is 0 Å². The molecule has 2 heterocycles. The fourth-order valence-electron chi connectivity index (χ4n) is 3.09. The minimum absolute atomic E-state index is 0.0813. The topological polar surface area (TPSA) is 51.1 Å². The van der Waals surface area contributed by atoms with Crippen LogP contribution in [0.4, 0.5) is 10.1 Å². The fourth-order valence-corrected chi connectivity index (χ4v) is 3.60. The highest BCUT2D eigenvalue weighted by Crippen LogP contribution is 2.28. The normalized spacial score (nSPS) is 12.6. The van der Waals surface area contributed by atoms with Crippen LogP contribution in [-0.4, -0.2) is 10.5 Å². The number of pyridine rings is 1. The summed E-state index contributed by atoms with van der Waals surface area (Å²) in [5.74, 6) is -0.880. The third kappa shape index (κ3) is 2.43. The van der Waals surface area contributed by atoms with Gasteiger partial charge in [-0.2, -0.15) is 0 Å². The molecule has 2 aromatic carbocycles. The van der Waals surface area contributed by atoms with Crippen molar-refractivity contribution in [1.29, 1.82) is 0 Å². The van der Waals surface area contributed by atoms with E-state index in [0.717, 1.165) is 28.5 Å². The lowest BCUT2D eigenvalue weighted by atomic mass is 10.1. The molecule has 0 unspecified atom stereocenters. The Bertz CT molecular complexity index is 1040. The van der Waals surface area contributed by atoms with Crippen molar-refractivity contribution in [2.24, 2.45) is 0 Å². The largest absolute Gasteiger partial charge is 0.346 e. The van der Waals surface area contributed by atoms with Crippen molar-refractivity contribution in [2.45, 2.75) is 13.0 Å². The van der Waals surface area contributed by atoms with E-state index in [1.807, 2.05) is 10.6 Å². The molecule has 24 heavy (non-hydrogen) atoms. The van der Waals surface area contributed by atoms with E-state index in [-0.39, 0.29) is 16.8 Å². The van der Waals surface area contributed by atoms with Crippen LogP contribution < -0.4 is 10.7 Å². The van der Waals surface area contributed by atoms with Gasteiger partial charge in [-0.25, -0.2) is 4.39 Å². The van der Waals surface area contributed by atoms with E-state index in [9.17, 15) is 14.0 Å². The Hall–Kier alpha value is -2.47. The predicted molar refractivity (Wildman–Crippen MR) is 94.0 cm³/mol. The van der Waals surface area contributed by atoms with Crippen molar-refractivity contribution >= 4 is 38.4 Å². The first-order valence-electron chi connectivity index (χ1n) is 7.45. The van der Waals surface area contributed by atoms with Gasteiger partial charge in [-0.05, 0) is 48.4 Å². The summed E-state index contributed by atoms with van der Waals surface area (Å²) in [5, 5.41) is 3.17. The summed E-state index contributed by atoms with van der Waals surface area (Å²) in [7, 11) is 0. The molecular weight excluding hydrogens is 375 g/mol. The molecule has 0 radical (unpaired) electrons. The molecule has 4 rings (SSSR count). The number of halogens is 2. The highest BCUT2D eigenvalue weighted by Gasteiger charge is 2.21. The van der Waals surface area contributed by atoms with Crippen molar-refractivity contribution in [3.05, 3.63) is 74.2 Å². The number of nitrogens with one attached hydrogen (secondary N) is 1. The van der Waals surface area contributed by atoms with Gasteiger partial charge < -0.3 is 9.88 Å². The van der Waals surface area contributed by atoms with E-state index in [0.29, 0.717) is 11.1 Å². The maximum Gasteiger partial charge on any atom is 0.261 e. The first kappa shape index (κ1) is 15.1. The van der Waals surface area contributed by atoms with Crippen molar-refractivity contribution < 1.29 is 9.18 Å². The quantitative estimate of drug-likeness (QED) is 0.729. The summed E-state index contributed by atoms with van der Waals surface area (Å²) >= 11 is 3.42. The number of hydrogen-bond donors (Lipinski definition) is 1. The fraction of sp³-hybridized carbons (Fsp3) is 0.111. The summed E-state index contributed by atoms with van der Waals surface area (Å²) in [6, 6.07) is 9.18. The third-order valence-corrected chi connectivity index (χ3v) is 4.64. The first-order valence-corrected chi connectivity index (χ1v) is 8.25. The lowest BCUT2D eigenvalue weighted by Gasteiger charge is -2.10. The Kier molecular flexibility index (Phi) is 3.49. The summed E-state index contributed by atoms with van der Waals surface area (Å²) < 4.78 is 15.7. The van der Waals surface area contributed by atoms with Crippen LogP contribution >= 0.6 is 15.9 Å². The molecule has 4 nitrogen and oxygen atoms in total. The van der Waals surface area contributed by atoms with Crippen LogP contribution in [-0.2, 0) is 13.0 Å². The van der Waals surface area contributed by atoms with Crippen LogP contribution in [0.15, 0.2) is 51.9 Å². The van der Waals surface area contributed by atoms with Gasteiger partial charge in [-0.1, -0.05) is 15.9 Å². The molecule has 1 aliphatic heterocycles. The summed E-state index contributed by atoms with van der Waals surface area (Å²) in [5.41, 5.74) is 2.21. The second kappa shape index (κ2) is 5.56. The lowest BCUT2D eigenvalue weighted by Crippen LogP contribution is -2.23. The number of benzene rings is 2. The minimum Gasteiger partial charge on any atom is -0.346 e. The number of aromatic nitrogens is 1. The van der Waals surface area contributed by atoms with E-state index in [1.165, 1.54) is 24.3 Å². The number of hydrogen-bond acceptors (Lipinski definition) is 2. The Morgan fingerprint density at radius 2 is 1.96 bits per heavy atom. The van der Waals surface area contributed by atoms with Gasteiger partial charge in [0.1, 0.15) is 11.4 Å². The van der Waals surface area contributed by atoms with Crippen LogP contribution in [0.5, 0.6) is 0 Å². The van der Waals surface area contributed by atoms with Gasteiger partial charge in [0, 0.05) is 28.3 Å². The highest BCUT2D eigenvalue weighted by atomic mass is 79.9. The van der Waals surface area contributed by atoms with Crippen molar-refractivity contribution in [2.75, 3.05) is 5.32 Å². The molecule has 1 aromatic heterocycles. The zero-order chi connectivity index (χ0) is 16.8. The molecule has 1 N–H and O–H groups in total. The van der Waals surface area contributed by atoms with Crippen molar-refractivity contribution in [3.63, 3.8) is 0 Å². The Morgan fingerprint density at radius 1 is 1.21 bits per heavy atom. The Labute approximate surface area is 145 Å². The second-order valence-electron chi connectivity index (χ2n) is 5.74. The number of amides is 1. The first-order chi connectivity index (χ1) is 11.5. The molecule has 0 saturated heterocycles. The smallest absolute Gasteiger partial charge is 0.261 e. The highest BCUT2D eigenvalue weighted by molar-refractivity contribution is 9.10. The predicted octanol–water partition coefficient (Wildman–Crippen LogP) is 3.71. The zero-order valence-electron chi connectivity index (χ0n) is 12.5. The van der Waals surface area contributed by atoms with E-state index >= 15 is 0 Å². The SMILES string of the molecule is O=C(Nc1ccc(F)cc1)c1cn2c3c(cc(Br)cc3c1=O)CC2. The maximum absolute atomic E-state index is 13.0. The lowest BCUT2D eigenvalue weighted by molar-refractivity contribution is 0.102. The number of carbonyl (C=O) groups excluding carboxylic acids is 1. The molecule has 1 aliphatic rings. The minimum atomic E-state index is -0.495. The van der Waals surface area contributed by atoms with Crippen molar-refractivity contribution in [1.82, 2.24) is 4.57 Å². The average Bonchev–Trinajstić information content (AvgIpc) is 2.96. The average molecular weight is 387 g/mol. The third-order valence-electron chi connectivity index (χ3n) is 4.18. The van der Waals surface area contributed by atoms with Gasteiger partial charge in [0.25, 0.3) is 5.91 Å². The van der Waals surface area contributed by atoms with Gasteiger partial charge >= 0.3 is 0 Å². The van der Waals surface area contributed by atoms with Gasteiger partial charge in [-0.3, -0.25) is 9.59 Å². The monoisotopic (exact) mass is 386 g/mol. The molecule has 0 spiro atoms. The molecule has 0 bridgehead atoms. The molecule has 1 amide bonds. The van der Waals surface area contributed by atoms with Crippen LogP contribution in [0.3, 0.4) is 0 Å². The van der Waals surface area contributed by atoms with Gasteiger partial charge in [0.05, 0.1) is 5.52 Å². The van der Waals surface area contributed by atoms with Crippen LogP contribution in [0.1, 0.15) is 15.9 Å². The number of anilines is 1. The number of aryl methyl sites for hydroxylation is 2.